The lowest BCUT2D eigenvalue weighted by Gasteiger charge is -2.34. The van der Waals surface area contributed by atoms with Crippen LogP contribution in [-0.4, -0.2) is 0 Å². The first-order valence-corrected chi connectivity index (χ1v) is 24.5. The van der Waals surface area contributed by atoms with Crippen molar-refractivity contribution in [2.45, 2.75) is 84.0 Å². The van der Waals surface area contributed by atoms with Crippen molar-refractivity contribution in [2.75, 3.05) is 4.90 Å². The largest absolute Gasteiger partial charge is 0.309 e. The molecule has 1 nitrogen and oxygen atoms in total. The zero-order valence-electron chi connectivity index (χ0n) is 40.9. The molecule has 10 aromatic carbocycles. The molecule has 1 spiro atoms. The summed E-state index contributed by atoms with van der Waals surface area (Å²) in [5.41, 5.74) is 19.9. The summed E-state index contributed by atoms with van der Waals surface area (Å²) >= 11 is 0. The quantitative estimate of drug-likeness (QED) is 0.159. The molecule has 0 aliphatic heterocycles. The van der Waals surface area contributed by atoms with E-state index in [1.165, 1.54) is 110 Å². The van der Waals surface area contributed by atoms with Crippen molar-refractivity contribution < 1.29 is 0 Å². The number of fused-ring (bicyclic) bond motifs is 16. The highest BCUT2D eigenvalue weighted by Gasteiger charge is 2.53. The van der Waals surface area contributed by atoms with Crippen molar-refractivity contribution in [3.05, 3.63) is 233 Å². The number of anilines is 3. The third kappa shape index (κ3) is 6.21. The molecule has 0 unspecified atom stereocenters. The van der Waals surface area contributed by atoms with Crippen LogP contribution in [0.5, 0.6) is 0 Å². The smallest absolute Gasteiger partial charge is 0.0726 e. The normalized spacial score (nSPS) is 13.8. The van der Waals surface area contributed by atoms with Gasteiger partial charge in [-0.15, -0.1) is 0 Å². The molecule has 1 heteroatoms. The van der Waals surface area contributed by atoms with Crippen molar-refractivity contribution in [3.8, 4) is 33.4 Å². The minimum atomic E-state index is -0.557. The van der Waals surface area contributed by atoms with Gasteiger partial charge < -0.3 is 4.90 Å². The third-order valence-electron chi connectivity index (χ3n) is 15.3. The fourth-order valence-electron chi connectivity index (χ4n) is 11.8. The van der Waals surface area contributed by atoms with Crippen LogP contribution in [0.3, 0.4) is 0 Å². The predicted octanol–water partition coefficient (Wildman–Crippen LogP) is 18.5. The molecule has 2 aliphatic carbocycles. The predicted molar refractivity (Wildman–Crippen MR) is 291 cm³/mol. The van der Waals surface area contributed by atoms with E-state index in [0.717, 1.165) is 11.4 Å². The SMILES string of the molecule is CC(C)(C)c1ccc2c(c1)C1(c3cc(C(C)(C)C)ccc3-2)c2cc(C(C)(C)C)ccc2-c2c(N(c3ccc4c5ccccc5c5ccccc5c4c3)c3ccccc3-c3ccccc3)cccc21. The minimum Gasteiger partial charge on any atom is -0.309 e. The van der Waals surface area contributed by atoms with Gasteiger partial charge in [0.15, 0.2) is 0 Å². The van der Waals surface area contributed by atoms with Crippen molar-refractivity contribution in [2.24, 2.45) is 0 Å². The molecule has 12 rings (SSSR count). The number of hydrogen-bond donors (Lipinski definition) is 0. The second kappa shape index (κ2) is 14.9. The Morgan fingerprint density at radius 3 is 1.29 bits per heavy atom. The van der Waals surface area contributed by atoms with E-state index < -0.39 is 5.41 Å². The van der Waals surface area contributed by atoms with Crippen LogP contribution in [0.2, 0.25) is 0 Å². The molecule has 0 atom stereocenters. The molecule has 0 saturated heterocycles. The summed E-state index contributed by atoms with van der Waals surface area (Å²) in [6, 6.07) is 74.4. The van der Waals surface area contributed by atoms with Gasteiger partial charge in [0.25, 0.3) is 0 Å². The lowest BCUT2D eigenvalue weighted by Crippen LogP contribution is -2.28. The fourth-order valence-corrected chi connectivity index (χ4v) is 11.8. The van der Waals surface area contributed by atoms with Gasteiger partial charge in [-0.3, -0.25) is 0 Å². The second-order valence-electron chi connectivity index (χ2n) is 22.5. The molecule has 68 heavy (non-hydrogen) atoms. The van der Waals surface area contributed by atoms with Gasteiger partial charge in [-0.05, 0) is 134 Å². The van der Waals surface area contributed by atoms with Crippen molar-refractivity contribution in [3.63, 3.8) is 0 Å². The molecule has 0 radical (unpaired) electrons. The van der Waals surface area contributed by atoms with Gasteiger partial charge >= 0.3 is 0 Å². The van der Waals surface area contributed by atoms with E-state index in [1.54, 1.807) is 0 Å². The van der Waals surface area contributed by atoms with E-state index >= 15 is 0 Å². The zero-order valence-corrected chi connectivity index (χ0v) is 40.9. The molecule has 0 saturated carbocycles. The topological polar surface area (TPSA) is 3.24 Å². The van der Waals surface area contributed by atoms with E-state index in [2.05, 4.69) is 261 Å². The molecule has 0 heterocycles. The van der Waals surface area contributed by atoms with Gasteiger partial charge in [0.1, 0.15) is 0 Å². The van der Waals surface area contributed by atoms with Crippen molar-refractivity contribution in [1.29, 1.82) is 0 Å². The van der Waals surface area contributed by atoms with Crippen LogP contribution in [0.4, 0.5) is 17.1 Å². The molecule has 0 bridgehead atoms. The fraction of sp³-hybridized carbons (Fsp3) is 0.194. The Kier molecular flexibility index (Phi) is 9.23. The molecule has 0 fully saturated rings. The van der Waals surface area contributed by atoms with Crippen LogP contribution >= 0.6 is 0 Å². The van der Waals surface area contributed by atoms with Gasteiger partial charge in [0.05, 0.1) is 16.8 Å². The summed E-state index contributed by atoms with van der Waals surface area (Å²) < 4.78 is 0. The number of para-hydroxylation sites is 1. The van der Waals surface area contributed by atoms with Gasteiger partial charge in [-0.1, -0.05) is 232 Å². The summed E-state index contributed by atoms with van der Waals surface area (Å²) in [6.07, 6.45) is 0. The maximum absolute atomic E-state index is 2.58. The lowest BCUT2D eigenvalue weighted by molar-refractivity contribution is 0.584. The van der Waals surface area contributed by atoms with E-state index in [1.807, 2.05) is 0 Å². The van der Waals surface area contributed by atoms with E-state index in [4.69, 9.17) is 0 Å². The standard InChI is InChI=1S/C67H59N/c1-64(2,3)43-30-34-53-54-35-31-44(65(4,5)6)39-59(54)67(58(53)38-43)57-27-19-29-62(63(57)55-36-32-45(40-60(55)67)66(7,8)9)68(61-28-18-17-22-47(61)42-20-11-10-12-21-42)46-33-37-52-50-25-14-13-23-48(50)49-24-15-16-26-51(49)56(52)41-46/h10-41H,1-9H3. The highest BCUT2D eigenvalue weighted by Crippen LogP contribution is 2.66. The maximum Gasteiger partial charge on any atom is 0.0726 e. The molecular formula is C67H59N. The summed E-state index contributed by atoms with van der Waals surface area (Å²) in [5.74, 6) is 0. The monoisotopic (exact) mass is 877 g/mol. The zero-order chi connectivity index (χ0) is 46.9. The molecule has 0 aromatic heterocycles. The summed E-state index contributed by atoms with van der Waals surface area (Å²) in [4.78, 5) is 2.58. The Morgan fingerprint density at radius 1 is 0.309 bits per heavy atom. The van der Waals surface area contributed by atoms with Gasteiger partial charge in [0.2, 0.25) is 0 Å². The number of hydrogen-bond acceptors (Lipinski definition) is 1. The first kappa shape index (κ1) is 42.2. The number of rotatable bonds is 4. The molecule has 332 valence electrons. The van der Waals surface area contributed by atoms with Gasteiger partial charge in [-0.2, -0.15) is 0 Å². The van der Waals surface area contributed by atoms with E-state index in [9.17, 15) is 0 Å². The molecule has 0 amide bonds. The lowest BCUT2D eigenvalue weighted by atomic mass is 9.68. The van der Waals surface area contributed by atoms with Crippen LogP contribution in [0.25, 0.3) is 65.7 Å². The Balaban J connectivity index is 1.23. The first-order valence-electron chi connectivity index (χ1n) is 24.5. The molecule has 2 aliphatic rings. The van der Waals surface area contributed by atoms with Crippen LogP contribution in [0, 0.1) is 0 Å². The van der Waals surface area contributed by atoms with Gasteiger partial charge in [0, 0.05) is 16.8 Å². The van der Waals surface area contributed by atoms with Crippen LogP contribution in [0.1, 0.15) is 101 Å². The average Bonchev–Trinajstić information content (AvgIpc) is 3.80. The minimum absolute atomic E-state index is 0.0372. The summed E-state index contributed by atoms with van der Waals surface area (Å²) in [7, 11) is 0. The second-order valence-corrected chi connectivity index (χ2v) is 22.5. The molecule has 10 aromatic rings. The highest BCUT2D eigenvalue weighted by atomic mass is 15.1. The van der Waals surface area contributed by atoms with Crippen LogP contribution in [-0.2, 0) is 21.7 Å². The van der Waals surface area contributed by atoms with Crippen LogP contribution in [0.15, 0.2) is 194 Å². The summed E-state index contributed by atoms with van der Waals surface area (Å²) in [5, 5.41) is 7.62. The third-order valence-corrected chi connectivity index (χ3v) is 15.3. The van der Waals surface area contributed by atoms with Crippen molar-refractivity contribution >= 4 is 49.4 Å². The van der Waals surface area contributed by atoms with Gasteiger partial charge in [-0.25, -0.2) is 0 Å². The maximum atomic E-state index is 2.58. The molecular weight excluding hydrogens is 819 g/mol. The Morgan fingerprint density at radius 2 is 0.750 bits per heavy atom. The first-order chi connectivity index (χ1) is 32.6. The number of benzene rings is 10. The van der Waals surface area contributed by atoms with Crippen molar-refractivity contribution in [1.82, 2.24) is 0 Å². The van der Waals surface area contributed by atoms with E-state index in [-0.39, 0.29) is 16.2 Å². The van der Waals surface area contributed by atoms with E-state index in [0.29, 0.717) is 0 Å². The highest BCUT2D eigenvalue weighted by molar-refractivity contribution is 6.26. The van der Waals surface area contributed by atoms with Crippen LogP contribution < -0.4 is 4.90 Å². The Labute approximate surface area is 402 Å². The summed E-state index contributed by atoms with van der Waals surface area (Å²) in [6.45, 7) is 21.2. The molecule has 0 N–H and O–H groups in total. The Bertz CT molecular complexity index is 3580. The average molecular weight is 878 g/mol. The Hall–Kier alpha value is -7.22. The number of nitrogens with zero attached hydrogens (tertiary/aromatic N) is 1.